The van der Waals surface area contributed by atoms with Crippen LogP contribution in [0.15, 0.2) is 23.1 Å². The molecule has 94 valence electrons. The molecule has 1 fully saturated rings. The van der Waals surface area contributed by atoms with E-state index in [4.69, 9.17) is 10.5 Å². The Morgan fingerprint density at radius 3 is 2.31 bits per heavy atom. The molecule has 0 bridgehead atoms. The number of methoxy groups -OCH3 is 1. The summed E-state index contributed by atoms with van der Waals surface area (Å²) in [5.74, 6) is 0. The van der Waals surface area contributed by atoms with Gasteiger partial charge in [-0.3, -0.25) is 4.79 Å². The van der Waals surface area contributed by atoms with Gasteiger partial charge in [0.15, 0.2) is 0 Å². The number of nitrogens with two attached hydrogens (primary N) is 1. The molecule has 0 aliphatic heterocycles. The van der Waals surface area contributed by atoms with Crippen molar-refractivity contribution in [2.75, 3.05) is 12.8 Å². The molecule has 1 aromatic heterocycles. The Hall–Kier alpha value is -1.29. The summed E-state index contributed by atoms with van der Waals surface area (Å²) in [5, 5.41) is 0. The third-order valence-electron chi connectivity index (χ3n) is 2.23. The van der Waals surface area contributed by atoms with Crippen LogP contribution in [0, 0.1) is 0 Å². The van der Waals surface area contributed by atoms with Crippen LogP contribution in [0.25, 0.3) is 0 Å². The molecule has 0 unspecified atom stereocenters. The van der Waals surface area contributed by atoms with E-state index >= 15 is 0 Å². The van der Waals surface area contributed by atoms with E-state index < -0.39 is 0 Å². The molecule has 0 radical (unpaired) electrons. The third-order valence-corrected chi connectivity index (χ3v) is 2.23. The van der Waals surface area contributed by atoms with Crippen molar-refractivity contribution in [3.63, 3.8) is 0 Å². The van der Waals surface area contributed by atoms with Crippen LogP contribution in [0.4, 0.5) is 5.69 Å². The van der Waals surface area contributed by atoms with Gasteiger partial charge in [-0.1, -0.05) is 13.8 Å². The Morgan fingerprint density at radius 1 is 1.50 bits per heavy atom. The van der Waals surface area contributed by atoms with Crippen LogP contribution in [0.3, 0.4) is 0 Å². The maximum absolute atomic E-state index is 10.4. The molecule has 0 amide bonds. The van der Waals surface area contributed by atoms with Crippen LogP contribution in [-0.2, 0) is 4.74 Å². The first-order chi connectivity index (χ1) is 7.74. The number of anilines is 1. The summed E-state index contributed by atoms with van der Waals surface area (Å²) >= 11 is 0. The topological polar surface area (TPSA) is 68.1 Å². The predicted molar refractivity (Wildman–Crippen MR) is 69.6 cm³/mol. The number of rotatable bonds is 1. The van der Waals surface area contributed by atoms with E-state index in [1.807, 2.05) is 13.8 Å². The molecule has 0 atom stereocenters. The maximum Gasteiger partial charge on any atom is 0.271 e. The first-order valence-electron chi connectivity index (χ1n) is 5.70. The highest BCUT2D eigenvalue weighted by Gasteiger charge is 2.14. The van der Waals surface area contributed by atoms with Gasteiger partial charge in [0, 0.05) is 14.7 Å². The summed E-state index contributed by atoms with van der Waals surface area (Å²) in [5.41, 5.74) is 5.20. The zero-order valence-corrected chi connectivity index (χ0v) is 10.3. The van der Waals surface area contributed by atoms with Crippen molar-refractivity contribution in [1.82, 2.24) is 4.98 Å². The number of aromatic nitrogens is 1. The van der Waals surface area contributed by atoms with Gasteiger partial charge in [0.1, 0.15) is 0 Å². The van der Waals surface area contributed by atoms with Crippen molar-refractivity contribution in [3.05, 3.63) is 28.7 Å². The van der Waals surface area contributed by atoms with Crippen LogP contribution in [0.5, 0.6) is 0 Å². The van der Waals surface area contributed by atoms with Gasteiger partial charge in [-0.25, -0.2) is 0 Å². The van der Waals surface area contributed by atoms with E-state index in [9.17, 15) is 4.79 Å². The van der Waals surface area contributed by atoms with Crippen molar-refractivity contribution in [3.8, 4) is 0 Å². The quantitative estimate of drug-likeness (QED) is 0.775. The molecule has 3 N–H and O–H groups in total. The predicted octanol–water partition coefficient (Wildman–Crippen LogP) is 2.41. The molecule has 0 spiro atoms. The van der Waals surface area contributed by atoms with Crippen LogP contribution in [0.1, 0.15) is 34.5 Å². The van der Waals surface area contributed by atoms with Crippen LogP contribution in [0.2, 0.25) is 0 Å². The Balaban J connectivity index is 0. The van der Waals surface area contributed by atoms with Gasteiger partial charge in [0.05, 0.1) is 11.8 Å². The number of nitrogen functional groups attached to an aromatic ring is 1. The second-order valence-electron chi connectivity index (χ2n) is 3.24. The first kappa shape index (κ1) is 14.7. The van der Waals surface area contributed by atoms with Gasteiger partial charge in [-0.15, -0.1) is 0 Å². The molecule has 1 heterocycles. The number of hydrogen-bond donors (Lipinski definition) is 2. The molecule has 4 nitrogen and oxygen atoms in total. The van der Waals surface area contributed by atoms with E-state index in [1.165, 1.54) is 19.3 Å². The van der Waals surface area contributed by atoms with Crippen LogP contribution >= 0.6 is 0 Å². The summed E-state index contributed by atoms with van der Waals surface area (Å²) in [7, 11) is 1.78. The van der Waals surface area contributed by atoms with E-state index in [-0.39, 0.29) is 12.7 Å². The molecule has 1 aliphatic carbocycles. The number of pyridine rings is 1. The van der Waals surface area contributed by atoms with Crippen LogP contribution in [-0.4, -0.2) is 18.2 Å². The molecule has 1 saturated carbocycles. The maximum atomic E-state index is 10.4. The monoisotopic (exact) mass is 228 g/mol. The smallest absolute Gasteiger partial charge is 0.271 e. The normalized spacial score (nSPS) is 13.7. The van der Waals surface area contributed by atoms with Gasteiger partial charge in [0.25, 0.3) is 5.56 Å². The first-order valence-corrected chi connectivity index (χ1v) is 5.70. The van der Waals surface area contributed by atoms with E-state index in [0.29, 0.717) is 6.10 Å². The second kappa shape index (κ2) is 8.97. The second-order valence-corrected chi connectivity index (χ2v) is 3.24. The lowest BCUT2D eigenvalue weighted by Crippen LogP contribution is -2.18. The minimum Gasteiger partial charge on any atom is -0.394 e. The average Bonchev–Trinajstić information content (AvgIpc) is 2.25. The average molecular weight is 228 g/mol. The molecule has 0 aromatic carbocycles. The lowest BCUT2D eigenvalue weighted by Gasteiger charge is -2.22. The Kier molecular flexibility index (Phi) is 8.25. The van der Waals surface area contributed by atoms with E-state index in [0.717, 1.165) is 0 Å². The number of aromatic amines is 1. The highest BCUT2D eigenvalue weighted by Crippen LogP contribution is 2.20. The molecular weight excluding hydrogens is 204 g/mol. The third kappa shape index (κ3) is 5.56. The Labute approximate surface area is 98.3 Å². The number of H-pyrrole nitrogens is 1. The molecule has 0 saturated heterocycles. The van der Waals surface area contributed by atoms with Crippen molar-refractivity contribution in [2.45, 2.75) is 39.2 Å². The van der Waals surface area contributed by atoms with Gasteiger partial charge in [-0.05, 0) is 31.4 Å². The summed E-state index contributed by atoms with van der Waals surface area (Å²) < 4.78 is 4.99. The molecule has 1 aromatic rings. The summed E-state index contributed by atoms with van der Waals surface area (Å²) in [6.45, 7) is 4.00. The van der Waals surface area contributed by atoms with Crippen molar-refractivity contribution >= 4 is 5.69 Å². The highest BCUT2D eigenvalue weighted by molar-refractivity contribution is 5.32. The van der Waals surface area contributed by atoms with Crippen molar-refractivity contribution in [2.24, 2.45) is 0 Å². The zero-order valence-electron chi connectivity index (χ0n) is 10.3. The zero-order chi connectivity index (χ0) is 12.4. The number of hydrogen-bond acceptors (Lipinski definition) is 3. The lowest BCUT2D eigenvalue weighted by molar-refractivity contribution is 0.0412. The van der Waals surface area contributed by atoms with E-state index in [1.54, 1.807) is 25.4 Å². The summed E-state index contributed by atoms with van der Waals surface area (Å²) in [6.07, 6.45) is 6.11. The van der Waals surface area contributed by atoms with Crippen LogP contribution < -0.4 is 11.3 Å². The van der Waals surface area contributed by atoms with Gasteiger partial charge in [0.2, 0.25) is 0 Å². The number of ether oxygens (including phenoxy) is 1. The fourth-order valence-electron chi connectivity index (χ4n) is 1.04. The standard InChI is InChI=1S/C5H6N2O.C5H10O.C2H6.H2/c6-4-2-1-3-7-5(4)8;1-6-5-3-2-4-5;1-2;/h1-3H,6H2,(H,7,8);5H,2-4H2,1H3;1-2H3;1H. The summed E-state index contributed by atoms with van der Waals surface area (Å²) in [6, 6.07) is 3.23. The number of nitrogens with one attached hydrogen (secondary N) is 1. The molecule has 2 rings (SSSR count). The van der Waals surface area contributed by atoms with Crippen molar-refractivity contribution in [1.29, 1.82) is 0 Å². The fourth-order valence-corrected chi connectivity index (χ4v) is 1.04. The molecule has 4 heteroatoms. The SMILES string of the molecule is CC.COC1CCC1.Nc1ccc[nH]c1=O.[HH]. The largest absolute Gasteiger partial charge is 0.394 e. The summed E-state index contributed by atoms with van der Waals surface area (Å²) in [4.78, 5) is 12.9. The Bertz CT molecular complexity index is 322. The fraction of sp³-hybridized carbons (Fsp3) is 0.583. The van der Waals surface area contributed by atoms with Gasteiger partial charge < -0.3 is 15.5 Å². The highest BCUT2D eigenvalue weighted by atomic mass is 16.5. The minimum absolute atomic E-state index is 0. The molecular formula is C12H24N2O2. The van der Waals surface area contributed by atoms with E-state index in [2.05, 4.69) is 4.98 Å². The lowest BCUT2D eigenvalue weighted by atomic mass is 9.96. The van der Waals surface area contributed by atoms with Gasteiger partial charge in [-0.2, -0.15) is 0 Å². The Morgan fingerprint density at radius 2 is 2.12 bits per heavy atom. The molecule has 1 aliphatic rings. The molecule has 16 heavy (non-hydrogen) atoms. The minimum atomic E-state index is -0.229. The van der Waals surface area contributed by atoms with Crippen molar-refractivity contribution < 1.29 is 6.16 Å². The van der Waals surface area contributed by atoms with Gasteiger partial charge >= 0.3 is 0 Å².